The van der Waals surface area contributed by atoms with E-state index in [1.165, 1.54) is 25.9 Å². The summed E-state index contributed by atoms with van der Waals surface area (Å²) in [6.07, 6.45) is 2.56. The molecule has 0 saturated carbocycles. The Kier molecular flexibility index (Phi) is 2.32. The molecule has 1 N–H and O–H groups in total. The average molecular weight is 142 g/mol. The van der Waals surface area contributed by atoms with Crippen molar-refractivity contribution in [3.05, 3.63) is 0 Å². The van der Waals surface area contributed by atoms with Crippen molar-refractivity contribution in [1.29, 1.82) is 0 Å². The van der Waals surface area contributed by atoms with Gasteiger partial charge in [-0.15, -0.1) is 0 Å². The van der Waals surface area contributed by atoms with E-state index in [0.29, 0.717) is 5.54 Å². The van der Waals surface area contributed by atoms with Crippen LogP contribution in [0.5, 0.6) is 0 Å². The van der Waals surface area contributed by atoms with Crippen molar-refractivity contribution < 1.29 is 0 Å². The van der Waals surface area contributed by atoms with Crippen LogP contribution < -0.4 is 5.32 Å². The standard InChI is InChI=1S/C8H18N2/c1-8(9-2)4-6-10(3)7-5-8/h9H,4-7H2,1-3H3. The van der Waals surface area contributed by atoms with E-state index in [9.17, 15) is 0 Å². The van der Waals surface area contributed by atoms with E-state index in [-0.39, 0.29) is 0 Å². The number of rotatable bonds is 1. The highest BCUT2D eigenvalue weighted by molar-refractivity contribution is 4.86. The molecule has 1 aliphatic heterocycles. The van der Waals surface area contributed by atoms with Crippen LogP contribution in [-0.2, 0) is 0 Å². The van der Waals surface area contributed by atoms with Crippen molar-refractivity contribution in [2.75, 3.05) is 27.2 Å². The lowest BCUT2D eigenvalue weighted by atomic mass is 9.90. The molecule has 1 saturated heterocycles. The van der Waals surface area contributed by atoms with Crippen LogP contribution in [0.15, 0.2) is 0 Å². The van der Waals surface area contributed by atoms with Gasteiger partial charge >= 0.3 is 0 Å². The predicted molar refractivity (Wildman–Crippen MR) is 44.2 cm³/mol. The van der Waals surface area contributed by atoms with Crippen LogP contribution in [-0.4, -0.2) is 37.6 Å². The molecule has 0 aromatic heterocycles. The van der Waals surface area contributed by atoms with Crippen molar-refractivity contribution in [3.63, 3.8) is 0 Å². The summed E-state index contributed by atoms with van der Waals surface area (Å²) in [4.78, 5) is 2.39. The third-order valence-electron chi connectivity index (χ3n) is 2.69. The maximum absolute atomic E-state index is 3.37. The summed E-state index contributed by atoms with van der Waals surface area (Å²) in [6.45, 7) is 4.77. The topological polar surface area (TPSA) is 15.3 Å². The molecule has 60 valence electrons. The van der Waals surface area contributed by atoms with Crippen molar-refractivity contribution in [1.82, 2.24) is 10.2 Å². The van der Waals surface area contributed by atoms with E-state index < -0.39 is 0 Å². The third kappa shape index (κ3) is 1.70. The first-order chi connectivity index (χ1) is 4.66. The van der Waals surface area contributed by atoms with Gasteiger partial charge in [0.25, 0.3) is 0 Å². The molecule has 2 nitrogen and oxygen atoms in total. The van der Waals surface area contributed by atoms with Crippen LogP contribution in [0.25, 0.3) is 0 Å². The highest BCUT2D eigenvalue weighted by atomic mass is 15.1. The minimum Gasteiger partial charge on any atom is -0.314 e. The summed E-state index contributed by atoms with van der Waals surface area (Å²) in [5.74, 6) is 0. The largest absolute Gasteiger partial charge is 0.314 e. The minimum atomic E-state index is 0.409. The van der Waals surface area contributed by atoms with E-state index in [0.717, 1.165) is 0 Å². The first-order valence-corrected chi connectivity index (χ1v) is 4.04. The van der Waals surface area contributed by atoms with Gasteiger partial charge in [-0.3, -0.25) is 0 Å². The molecule has 0 unspecified atom stereocenters. The van der Waals surface area contributed by atoms with Gasteiger partial charge in [0.1, 0.15) is 0 Å². The number of nitrogens with one attached hydrogen (secondary N) is 1. The van der Waals surface area contributed by atoms with Gasteiger partial charge in [0.2, 0.25) is 0 Å². The smallest absolute Gasteiger partial charge is 0.0174 e. The van der Waals surface area contributed by atoms with Crippen molar-refractivity contribution in [2.24, 2.45) is 0 Å². The highest BCUT2D eigenvalue weighted by Crippen LogP contribution is 2.19. The zero-order valence-electron chi connectivity index (χ0n) is 7.28. The summed E-state index contributed by atoms with van der Waals surface area (Å²) in [5.41, 5.74) is 0.409. The van der Waals surface area contributed by atoms with Gasteiger partial charge in [0, 0.05) is 5.54 Å². The molecule has 0 aromatic rings. The summed E-state index contributed by atoms with van der Waals surface area (Å²) in [7, 11) is 4.25. The molecular formula is C8H18N2. The summed E-state index contributed by atoms with van der Waals surface area (Å²) >= 11 is 0. The van der Waals surface area contributed by atoms with E-state index in [4.69, 9.17) is 0 Å². The summed E-state index contributed by atoms with van der Waals surface area (Å²) in [6, 6.07) is 0. The maximum Gasteiger partial charge on any atom is 0.0174 e. The second kappa shape index (κ2) is 2.89. The zero-order valence-corrected chi connectivity index (χ0v) is 7.28. The maximum atomic E-state index is 3.37. The SMILES string of the molecule is CNC1(C)CCN(C)CC1. The summed E-state index contributed by atoms with van der Waals surface area (Å²) < 4.78 is 0. The molecule has 10 heavy (non-hydrogen) atoms. The van der Waals surface area contributed by atoms with Crippen LogP contribution in [0.4, 0.5) is 0 Å². The summed E-state index contributed by atoms with van der Waals surface area (Å²) in [5, 5.41) is 3.37. The van der Waals surface area contributed by atoms with E-state index in [1.54, 1.807) is 0 Å². The van der Waals surface area contributed by atoms with Gasteiger partial charge in [-0.2, -0.15) is 0 Å². The van der Waals surface area contributed by atoms with Crippen LogP contribution in [0.1, 0.15) is 19.8 Å². The molecule has 1 heterocycles. The quantitative estimate of drug-likeness (QED) is 0.579. The second-order valence-corrected chi connectivity index (χ2v) is 3.61. The van der Waals surface area contributed by atoms with E-state index in [2.05, 4.69) is 31.2 Å². The first-order valence-electron chi connectivity index (χ1n) is 4.04. The van der Waals surface area contributed by atoms with Crippen molar-refractivity contribution in [3.8, 4) is 0 Å². The van der Waals surface area contributed by atoms with E-state index in [1.807, 2.05) is 0 Å². The molecule has 0 aromatic carbocycles. The average Bonchev–Trinajstić information content (AvgIpc) is 1.96. The number of hydrogen-bond donors (Lipinski definition) is 1. The molecular weight excluding hydrogens is 124 g/mol. The molecule has 0 amide bonds. The third-order valence-corrected chi connectivity index (χ3v) is 2.69. The fourth-order valence-electron chi connectivity index (χ4n) is 1.36. The molecule has 0 bridgehead atoms. The Hall–Kier alpha value is -0.0800. The number of nitrogens with zero attached hydrogens (tertiary/aromatic N) is 1. The Morgan fingerprint density at radius 2 is 1.80 bits per heavy atom. The minimum absolute atomic E-state index is 0.409. The fourth-order valence-corrected chi connectivity index (χ4v) is 1.36. The molecule has 1 fully saturated rings. The van der Waals surface area contributed by atoms with Gasteiger partial charge in [-0.1, -0.05) is 0 Å². The Balaban J connectivity index is 2.38. The van der Waals surface area contributed by atoms with Gasteiger partial charge in [0.05, 0.1) is 0 Å². The highest BCUT2D eigenvalue weighted by Gasteiger charge is 2.26. The first kappa shape index (κ1) is 8.02. The number of likely N-dealkylation sites (tertiary alicyclic amines) is 1. The molecule has 0 atom stereocenters. The Morgan fingerprint density at radius 1 is 1.30 bits per heavy atom. The fraction of sp³-hybridized carbons (Fsp3) is 1.00. The van der Waals surface area contributed by atoms with E-state index >= 15 is 0 Å². The lowest BCUT2D eigenvalue weighted by Gasteiger charge is -2.37. The lowest BCUT2D eigenvalue weighted by molar-refractivity contribution is 0.178. The van der Waals surface area contributed by atoms with Crippen molar-refractivity contribution >= 4 is 0 Å². The molecule has 1 aliphatic rings. The number of piperidine rings is 1. The number of hydrogen-bond acceptors (Lipinski definition) is 2. The van der Waals surface area contributed by atoms with Gasteiger partial charge < -0.3 is 10.2 Å². The van der Waals surface area contributed by atoms with Crippen molar-refractivity contribution in [2.45, 2.75) is 25.3 Å². The zero-order chi connectivity index (χ0) is 7.61. The van der Waals surface area contributed by atoms with Crippen LogP contribution in [0.3, 0.4) is 0 Å². The predicted octanol–water partition coefficient (Wildman–Crippen LogP) is 0.690. The van der Waals surface area contributed by atoms with Gasteiger partial charge in [-0.25, -0.2) is 0 Å². The second-order valence-electron chi connectivity index (χ2n) is 3.61. The van der Waals surface area contributed by atoms with Gasteiger partial charge in [-0.05, 0) is 47.0 Å². The monoisotopic (exact) mass is 142 g/mol. The molecule has 1 rings (SSSR count). The van der Waals surface area contributed by atoms with Gasteiger partial charge in [0.15, 0.2) is 0 Å². The Labute approximate surface area is 63.6 Å². The van der Waals surface area contributed by atoms with Crippen LogP contribution in [0.2, 0.25) is 0 Å². The molecule has 0 aliphatic carbocycles. The molecule has 0 spiro atoms. The van der Waals surface area contributed by atoms with Crippen LogP contribution >= 0.6 is 0 Å². The van der Waals surface area contributed by atoms with Crippen LogP contribution in [0, 0.1) is 0 Å². The molecule has 2 heteroatoms. The Morgan fingerprint density at radius 3 is 2.20 bits per heavy atom. The lowest BCUT2D eigenvalue weighted by Crippen LogP contribution is -2.48. The molecule has 0 radical (unpaired) electrons. The Bertz CT molecular complexity index is 104. The normalized spacial score (nSPS) is 26.7.